The summed E-state index contributed by atoms with van der Waals surface area (Å²) in [7, 11) is -1.97. The molecule has 0 bridgehead atoms. The SMILES string of the molecule is C[SiH2]O[SiH2]C(F)F. The van der Waals surface area contributed by atoms with Crippen LogP contribution in [0, 0.1) is 0 Å². The molecule has 0 N–H and O–H groups in total. The first-order valence-electron chi connectivity index (χ1n) is 2.13. The lowest BCUT2D eigenvalue weighted by Crippen LogP contribution is -2.09. The molecule has 0 saturated heterocycles. The van der Waals surface area contributed by atoms with E-state index in [1.165, 1.54) is 0 Å². The number of halogens is 2. The molecular formula is C2H8F2OSi2. The van der Waals surface area contributed by atoms with Crippen molar-refractivity contribution in [1.29, 1.82) is 0 Å². The topological polar surface area (TPSA) is 9.23 Å². The van der Waals surface area contributed by atoms with Gasteiger partial charge in [0.25, 0.3) is 0 Å². The smallest absolute Gasteiger partial charge is 0.241 e. The van der Waals surface area contributed by atoms with Gasteiger partial charge >= 0.3 is 0 Å². The number of hydrogen-bond donors (Lipinski definition) is 0. The first-order chi connectivity index (χ1) is 3.27. The molecule has 0 spiro atoms. The molecule has 0 rings (SSSR count). The van der Waals surface area contributed by atoms with E-state index < -0.39 is 25.6 Å². The fourth-order valence-electron chi connectivity index (χ4n) is 0.207. The molecule has 0 fully saturated rings. The predicted octanol–water partition coefficient (Wildman–Crippen LogP) is -0.559. The monoisotopic (exact) mass is 142 g/mol. The standard InChI is InChI=1S/C2H8F2OSi2/c1-6-5-7-2(3)4/h2H,6-7H2,1H3. The van der Waals surface area contributed by atoms with Crippen molar-refractivity contribution < 1.29 is 12.9 Å². The molecular weight excluding hydrogens is 134 g/mol. The summed E-state index contributed by atoms with van der Waals surface area (Å²) in [5.74, 6) is 0. The van der Waals surface area contributed by atoms with E-state index in [4.69, 9.17) is 0 Å². The van der Waals surface area contributed by atoms with Gasteiger partial charge < -0.3 is 4.12 Å². The Balaban J connectivity index is 2.68. The zero-order chi connectivity index (χ0) is 5.70. The van der Waals surface area contributed by atoms with E-state index in [-0.39, 0.29) is 0 Å². The maximum atomic E-state index is 11.2. The number of alkyl halides is 2. The van der Waals surface area contributed by atoms with E-state index in [2.05, 4.69) is 4.12 Å². The third-order valence-corrected chi connectivity index (χ3v) is 3.28. The highest BCUT2D eigenvalue weighted by Gasteiger charge is 1.99. The molecule has 0 saturated carbocycles. The van der Waals surface area contributed by atoms with Crippen LogP contribution in [0.25, 0.3) is 0 Å². The molecule has 0 radical (unpaired) electrons. The van der Waals surface area contributed by atoms with Gasteiger partial charge in [-0.05, 0) is 0 Å². The normalized spacial score (nSPS) is 13.7. The van der Waals surface area contributed by atoms with Crippen molar-refractivity contribution in [2.75, 3.05) is 0 Å². The average Bonchev–Trinajstić information content (AvgIpc) is 1.61. The largest absolute Gasteiger partial charge is 0.461 e. The molecule has 5 heteroatoms. The molecule has 0 atom stereocenters. The van der Waals surface area contributed by atoms with Gasteiger partial charge in [-0.2, -0.15) is 0 Å². The van der Waals surface area contributed by atoms with E-state index in [9.17, 15) is 8.78 Å². The predicted molar refractivity (Wildman–Crippen MR) is 30.0 cm³/mol. The Bertz CT molecular complexity index is 42.7. The van der Waals surface area contributed by atoms with Gasteiger partial charge in [0.15, 0.2) is 0 Å². The van der Waals surface area contributed by atoms with Crippen molar-refractivity contribution in [3.8, 4) is 0 Å². The third kappa shape index (κ3) is 6.25. The van der Waals surface area contributed by atoms with E-state index in [0.717, 1.165) is 0 Å². The number of rotatable bonds is 3. The zero-order valence-corrected chi connectivity index (χ0v) is 6.98. The fraction of sp³-hybridized carbons (Fsp3) is 1.00. The van der Waals surface area contributed by atoms with E-state index in [1.807, 2.05) is 6.55 Å². The Morgan fingerprint density at radius 3 is 2.29 bits per heavy atom. The highest BCUT2D eigenvalue weighted by Crippen LogP contribution is 1.86. The minimum absolute atomic E-state index is 0.547. The molecule has 0 amide bonds. The molecule has 0 heterocycles. The quantitative estimate of drug-likeness (QED) is 0.480. The lowest BCUT2D eigenvalue weighted by atomic mass is 11.7. The highest BCUT2D eigenvalue weighted by molar-refractivity contribution is 6.42. The Hall–Kier alpha value is 0.254. The van der Waals surface area contributed by atoms with Crippen LogP contribution in [0.2, 0.25) is 6.55 Å². The summed E-state index contributed by atoms with van der Waals surface area (Å²) in [4.78, 5) is 0. The third-order valence-electron chi connectivity index (χ3n) is 0.448. The maximum absolute atomic E-state index is 11.2. The minimum atomic E-state index is -2.15. The average molecular weight is 142 g/mol. The summed E-state index contributed by atoms with van der Waals surface area (Å²) >= 11 is 0. The highest BCUT2D eigenvalue weighted by atomic mass is 28.3. The summed E-state index contributed by atoms with van der Waals surface area (Å²) in [5.41, 5.74) is 0. The van der Waals surface area contributed by atoms with Gasteiger partial charge in [-0.3, -0.25) is 0 Å². The fourth-order valence-corrected chi connectivity index (χ4v) is 1.86. The Kier molecular flexibility index (Phi) is 4.57. The van der Waals surface area contributed by atoms with Crippen LogP contribution in [0.15, 0.2) is 0 Å². The van der Waals surface area contributed by atoms with Crippen molar-refractivity contribution in [2.24, 2.45) is 0 Å². The van der Waals surface area contributed by atoms with Gasteiger partial charge in [0, 0.05) is 0 Å². The zero-order valence-electron chi connectivity index (χ0n) is 4.16. The second-order valence-corrected chi connectivity index (χ2v) is 4.21. The van der Waals surface area contributed by atoms with Crippen molar-refractivity contribution in [2.45, 2.75) is 12.6 Å². The second kappa shape index (κ2) is 4.41. The van der Waals surface area contributed by atoms with Crippen LogP contribution in [-0.4, -0.2) is 25.6 Å². The first-order valence-corrected chi connectivity index (χ1v) is 5.51. The first kappa shape index (κ1) is 7.25. The maximum Gasteiger partial charge on any atom is 0.241 e. The van der Waals surface area contributed by atoms with Crippen LogP contribution < -0.4 is 0 Å². The van der Waals surface area contributed by atoms with Crippen LogP contribution in [0.1, 0.15) is 0 Å². The lowest BCUT2D eigenvalue weighted by Gasteiger charge is -1.94. The molecule has 7 heavy (non-hydrogen) atoms. The van der Waals surface area contributed by atoms with Gasteiger partial charge in [-0.1, -0.05) is 6.55 Å². The molecule has 0 aliphatic heterocycles. The number of hydrogen-bond acceptors (Lipinski definition) is 1. The van der Waals surface area contributed by atoms with Crippen LogP contribution >= 0.6 is 0 Å². The van der Waals surface area contributed by atoms with Crippen LogP contribution in [0.5, 0.6) is 0 Å². The van der Waals surface area contributed by atoms with E-state index in [1.54, 1.807) is 0 Å². The summed E-state index contributed by atoms with van der Waals surface area (Å²) in [5, 5.41) is 0. The van der Waals surface area contributed by atoms with Crippen LogP contribution in [0.4, 0.5) is 8.78 Å². The Morgan fingerprint density at radius 1 is 1.57 bits per heavy atom. The summed E-state index contributed by atoms with van der Waals surface area (Å²) < 4.78 is 27.0. The minimum Gasteiger partial charge on any atom is -0.461 e. The van der Waals surface area contributed by atoms with Crippen molar-refractivity contribution >= 4 is 19.5 Å². The van der Waals surface area contributed by atoms with E-state index >= 15 is 0 Å². The Morgan fingerprint density at radius 2 is 2.14 bits per heavy atom. The van der Waals surface area contributed by atoms with Gasteiger partial charge in [0.05, 0.1) is 0 Å². The van der Waals surface area contributed by atoms with Crippen molar-refractivity contribution in [1.82, 2.24) is 0 Å². The summed E-state index contributed by atoms with van der Waals surface area (Å²) in [6, 6.07) is -2.15. The van der Waals surface area contributed by atoms with E-state index in [0.29, 0.717) is 0 Å². The molecule has 0 aliphatic rings. The van der Waals surface area contributed by atoms with Crippen LogP contribution in [0.3, 0.4) is 0 Å². The van der Waals surface area contributed by atoms with Crippen molar-refractivity contribution in [3.63, 3.8) is 0 Å². The van der Waals surface area contributed by atoms with Gasteiger partial charge in [-0.15, -0.1) is 0 Å². The molecule has 0 unspecified atom stereocenters. The summed E-state index contributed by atoms with van der Waals surface area (Å²) in [6.07, 6.45) is 0. The molecule has 44 valence electrons. The van der Waals surface area contributed by atoms with Crippen molar-refractivity contribution in [3.05, 3.63) is 0 Å². The Labute approximate surface area is 45.9 Å². The molecule has 0 aromatic carbocycles. The molecule has 0 aliphatic carbocycles. The molecule has 0 aromatic rings. The van der Waals surface area contributed by atoms with Crippen LogP contribution in [-0.2, 0) is 4.12 Å². The van der Waals surface area contributed by atoms with Gasteiger partial charge in [0.2, 0.25) is 15.8 Å². The lowest BCUT2D eigenvalue weighted by molar-refractivity contribution is 0.224. The summed E-state index contributed by atoms with van der Waals surface area (Å²) in [6.45, 7) is 1.86. The molecule has 1 nitrogen and oxygen atoms in total. The van der Waals surface area contributed by atoms with Gasteiger partial charge in [0.1, 0.15) is 9.76 Å². The molecule has 0 aromatic heterocycles. The van der Waals surface area contributed by atoms with Gasteiger partial charge in [-0.25, -0.2) is 8.78 Å². The second-order valence-electron chi connectivity index (χ2n) is 1.05.